The van der Waals surface area contributed by atoms with Crippen LogP contribution in [0, 0.1) is 0 Å². The molecule has 0 saturated carbocycles. The molecule has 1 rings (SSSR count). The fourth-order valence-electron chi connectivity index (χ4n) is 1.28. The van der Waals surface area contributed by atoms with Gasteiger partial charge >= 0.3 is 6.03 Å². The number of hydrogen-bond acceptors (Lipinski definition) is 4. The predicted octanol–water partition coefficient (Wildman–Crippen LogP) is 1.34. The van der Waals surface area contributed by atoms with Crippen molar-refractivity contribution in [3.63, 3.8) is 0 Å². The summed E-state index contributed by atoms with van der Waals surface area (Å²) >= 11 is 0. The van der Waals surface area contributed by atoms with E-state index in [4.69, 9.17) is 15.7 Å². The van der Waals surface area contributed by atoms with E-state index in [1.165, 1.54) is 0 Å². The van der Waals surface area contributed by atoms with Crippen molar-refractivity contribution in [3.05, 3.63) is 24.3 Å². The highest BCUT2D eigenvalue weighted by Gasteiger charge is 2.07. The Morgan fingerprint density at radius 1 is 1.47 bits per heavy atom. The maximum absolute atomic E-state index is 11.6. The minimum atomic E-state index is -0.304. The monoisotopic (exact) mass is 266 g/mol. The highest BCUT2D eigenvalue weighted by Crippen LogP contribution is 2.23. The summed E-state index contributed by atoms with van der Waals surface area (Å²) < 4.78 is 5.34. The van der Waals surface area contributed by atoms with Gasteiger partial charge < -0.3 is 26.3 Å². The van der Waals surface area contributed by atoms with Crippen molar-refractivity contribution >= 4 is 17.6 Å². The average Bonchev–Trinajstić information content (AvgIpc) is 2.43. The van der Waals surface area contributed by atoms with Gasteiger partial charge in [-0.05, 0) is 18.6 Å². The first-order chi connectivity index (χ1) is 9.17. The van der Waals surface area contributed by atoms with Crippen LogP contribution in [0.3, 0.4) is 0 Å². The van der Waals surface area contributed by atoms with Crippen LogP contribution in [0.15, 0.2) is 29.4 Å². The van der Waals surface area contributed by atoms with Gasteiger partial charge in [0.1, 0.15) is 12.4 Å². The topological polar surface area (TPSA) is 109 Å². The Kier molecular flexibility index (Phi) is 6.00. The van der Waals surface area contributed by atoms with Crippen LogP contribution in [-0.4, -0.2) is 30.2 Å². The van der Waals surface area contributed by atoms with Crippen LogP contribution in [0.1, 0.15) is 13.3 Å². The molecule has 5 N–H and O–H groups in total. The number of nitrogens with two attached hydrogens (primary N) is 1. The van der Waals surface area contributed by atoms with E-state index in [9.17, 15) is 4.79 Å². The zero-order chi connectivity index (χ0) is 14.1. The van der Waals surface area contributed by atoms with Crippen LogP contribution in [0.2, 0.25) is 0 Å². The van der Waals surface area contributed by atoms with E-state index in [0.717, 1.165) is 6.42 Å². The second-order valence-corrected chi connectivity index (χ2v) is 3.76. The number of amidine groups is 1. The number of hydrogen-bond donors (Lipinski definition) is 4. The van der Waals surface area contributed by atoms with E-state index in [1.807, 2.05) is 6.92 Å². The average molecular weight is 266 g/mol. The molecule has 7 nitrogen and oxygen atoms in total. The van der Waals surface area contributed by atoms with E-state index in [-0.39, 0.29) is 18.5 Å². The third-order valence-electron chi connectivity index (χ3n) is 2.17. The minimum absolute atomic E-state index is 0.0507. The van der Waals surface area contributed by atoms with Gasteiger partial charge in [-0.1, -0.05) is 24.2 Å². The van der Waals surface area contributed by atoms with Gasteiger partial charge in [-0.15, -0.1) is 0 Å². The maximum Gasteiger partial charge on any atom is 0.319 e. The molecule has 7 heteroatoms. The molecule has 0 spiro atoms. The third kappa shape index (κ3) is 5.15. The molecular formula is C12H18N4O3. The Labute approximate surface area is 111 Å². The van der Waals surface area contributed by atoms with Gasteiger partial charge in [-0.3, -0.25) is 0 Å². The summed E-state index contributed by atoms with van der Waals surface area (Å²) in [6.07, 6.45) is 0.856. The predicted molar refractivity (Wildman–Crippen MR) is 72.7 cm³/mol. The molecule has 2 amide bonds. The van der Waals surface area contributed by atoms with Crippen molar-refractivity contribution in [1.29, 1.82) is 0 Å². The Morgan fingerprint density at radius 2 is 2.21 bits per heavy atom. The van der Waals surface area contributed by atoms with Crippen LogP contribution in [0.4, 0.5) is 10.5 Å². The van der Waals surface area contributed by atoms with Crippen LogP contribution >= 0.6 is 0 Å². The second-order valence-electron chi connectivity index (χ2n) is 3.76. The minimum Gasteiger partial charge on any atom is -0.483 e. The fourth-order valence-corrected chi connectivity index (χ4v) is 1.28. The molecule has 0 bridgehead atoms. The smallest absolute Gasteiger partial charge is 0.319 e. The van der Waals surface area contributed by atoms with Crippen molar-refractivity contribution in [2.45, 2.75) is 13.3 Å². The number of carbonyl (C=O) groups is 1. The molecule has 0 aliphatic carbocycles. The van der Waals surface area contributed by atoms with Crippen molar-refractivity contribution in [1.82, 2.24) is 5.32 Å². The van der Waals surface area contributed by atoms with Gasteiger partial charge in [0.15, 0.2) is 5.84 Å². The Hall–Kier alpha value is -2.44. The van der Waals surface area contributed by atoms with Crippen LogP contribution < -0.4 is 21.1 Å². The number of rotatable bonds is 6. The van der Waals surface area contributed by atoms with E-state index in [2.05, 4.69) is 15.8 Å². The van der Waals surface area contributed by atoms with Crippen LogP contribution in [0.25, 0.3) is 0 Å². The van der Waals surface area contributed by atoms with E-state index < -0.39 is 0 Å². The first-order valence-corrected chi connectivity index (χ1v) is 5.90. The molecule has 0 aliphatic rings. The standard InChI is InChI=1S/C12H18N4O3/c1-2-7-14-12(17)15-9-5-3-4-6-10(9)19-8-11(13)16-18/h3-6,18H,2,7-8H2,1H3,(H2,13,16)(H2,14,15,17). The maximum atomic E-state index is 11.6. The molecule has 104 valence electrons. The summed E-state index contributed by atoms with van der Waals surface area (Å²) in [6.45, 7) is 2.50. The van der Waals surface area contributed by atoms with Gasteiger partial charge in [-0.2, -0.15) is 0 Å². The summed E-state index contributed by atoms with van der Waals surface area (Å²) in [4.78, 5) is 11.6. The van der Waals surface area contributed by atoms with Gasteiger partial charge in [0, 0.05) is 6.54 Å². The molecule has 0 fully saturated rings. The Morgan fingerprint density at radius 3 is 2.89 bits per heavy atom. The van der Waals surface area contributed by atoms with E-state index in [0.29, 0.717) is 18.0 Å². The Bertz CT molecular complexity index is 448. The summed E-state index contributed by atoms with van der Waals surface area (Å²) in [6, 6.07) is 6.61. The summed E-state index contributed by atoms with van der Waals surface area (Å²) in [5.41, 5.74) is 5.83. The highest BCUT2D eigenvalue weighted by atomic mass is 16.5. The molecule has 0 saturated heterocycles. The quantitative estimate of drug-likeness (QED) is 0.269. The number of carbonyl (C=O) groups excluding carboxylic acids is 1. The van der Waals surface area contributed by atoms with E-state index in [1.54, 1.807) is 24.3 Å². The first-order valence-electron chi connectivity index (χ1n) is 5.90. The van der Waals surface area contributed by atoms with Crippen LogP contribution in [0.5, 0.6) is 5.75 Å². The number of oxime groups is 1. The van der Waals surface area contributed by atoms with Gasteiger partial charge in [0.05, 0.1) is 5.69 Å². The van der Waals surface area contributed by atoms with Gasteiger partial charge in [0.25, 0.3) is 0 Å². The SMILES string of the molecule is CCCNC(=O)Nc1ccccc1OC/C(N)=N/O. The number of anilines is 1. The Balaban J connectivity index is 2.64. The normalized spacial score (nSPS) is 10.9. The lowest BCUT2D eigenvalue weighted by Crippen LogP contribution is -2.29. The number of para-hydroxylation sites is 2. The number of benzene rings is 1. The number of nitrogens with zero attached hydrogens (tertiary/aromatic N) is 1. The summed E-state index contributed by atoms with van der Waals surface area (Å²) in [5, 5.41) is 16.6. The second kappa shape index (κ2) is 7.80. The zero-order valence-corrected chi connectivity index (χ0v) is 10.7. The first kappa shape index (κ1) is 14.6. The molecule has 0 aromatic heterocycles. The summed E-state index contributed by atoms with van der Waals surface area (Å²) in [5.74, 6) is 0.394. The number of amides is 2. The van der Waals surface area contributed by atoms with Gasteiger partial charge in [0.2, 0.25) is 0 Å². The van der Waals surface area contributed by atoms with Crippen molar-refractivity contribution in [3.8, 4) is 5.75 Å². The molecule has 0 radical (unpaired) electrons. The van der Waals surface area contributed by atoms with Crippen molar-refractivity contribution in [2.75, 3.05) is 18.5 Å². The molecule has 19 heavy (non-hydrogen) atoms. The van der Waals surface area contributed by atoms with Crippen molar-refractivity contribution in [2.24, 2.45) is 10.9 Å². The molecular weight excluding hydrogens is 248 g/mol. The molecule has 0 unspecified atom stereocenters. The number of urea groups is 1. The fraction of sp³-hybridized carbons (Fsp3) is 0.333. The molecule has 0 atom stereocenters. The highest BCUT2D eigenvalue weighted by molar-refractivity contribution is 5.91. The summed E-state index contributed by atoms with van der Waals surface area (Å²) in [7, 11) is 0. The molecule has 0 aliphatic heterocycles. The molecule has 0 heterocycles. The number of nitrogens with one attached hydrogen (secondary N) is 2. The van der Waals surface area contributed by atoms with Gasteiger partial charge in [-0.25, -0.2) is 4.79 Å². The van der Waals surface area contributed by atoms with Crippen molar-refractivity contribution < 1.29 is 14.7 Å². The largest absolute Gasteiger partial charge is 0.483 e. The molecule has 1 aromatic rings. The molecule has 1 aromatic carbocycles. The lowest BCUT2D eigenvalue weighted by molar-refractivity contribution is 0.252. The third-order valence-corrected chi connectivity index (χ3v) is 2.17. The van der Waals surface area contributed by atoms with Crippen LogP contribution in [-0.2, 0) is 0 Å². The zero-order valence-electron chi connectivity index (χ0n) is 10.7. The number of ether oxygens (including phenoxy) is 1. The van der Waals surface area contributed by atoms with E-state index >= 15 is 0 Å². The lowest BCUT2D eigenvalue weighted by Gasteiger charge is -2.12. The lowest BCUT2D eigenvalue weighted by atomic mass is 10.3.